The third kappa shape index (κ3) is 6.99. The Bertz CT molecular complexity index is 907. The standard InChI is InChI=1S/C15H12O4.2C2H4O2/c1-18-11-4-2-9-6-15(19-14(9)8-11)12-5-3-10(16)7-13(12)17;2*1-2(3)4/h2-8,16-17H,1H3;2*1H3,(H,3,4). The molecule has 0 aliphatic heterocycles. The van der Waals surface area contributed by atoms with Crippen LogP contribution < -0.4 is 4.74 Å². The summed E-state index contributed by atoms with van der Waals surface area (Å²) in [5, 5.41) is 34.9. The minimum absolute atomic E-state index is 0.0130. The number of hydrogen-bond acceptors (Lipinski definition) is 6. The first-order valence-electron chi connectivity index (χ1n) is 7.63. The van der Waals surface area contributed by atoms with Crippen molar-refractivity contribution in [2.45, 2.75) is 13.8 Å². The van der Waals surface area contributed by atoms with Gasteiger partial charge in [0.25, 0.3) is 11.9 Å². The Hall–Kier alpha value is -3.68. The zero-order valence-electron chi connectivity index (χ0n) is 15.0. The number of hydrogen-bond donors (Lipinski definition) is 4. The Labute approximate surface area is 154 Å². The predicted octanol–water partition coefficient (Wildman–Crippen LogP) is 3.70. The minimum Gasteiger partial charge on any atom is -0.508 e. The molecular weight excluding hydrogens is 356 g/mol. The number of ether oxygens (including phenoxy) is 1. The fourth-order valence-electron chi connectivity index (χ4n) is 2.00. The van der Waals surface area contributed by atoms with Crippen molar-refractivity contribution >= 4 is 22.9 Å². The number of furan rings is 1. The number of carboxylic acid groups (broad SMARTS) is 2. The molecule has 8 heteroatoms. The Kier molecular flexibility index (Phi) is 7.68. The van der Waals surface area contributed by atoms with Gasteiger partial charge < -0.3 is 29.6 Å². The van der Waals surface area contributed by atoms with Crippen LogP contribution in [0.2, 0.25) is 0 Å². The molecule has 8 nitrogen and oxygen atoms in total. The maximum absolute atomic E-state index is 9.83. The van der Waals surface area contributed by atoms with Gasteiger partial charge in [-0.25, -0.2) is 0 Å². The fourth-order valence-corrected chi connectivity index (χ4v) is 2.00. The number of methoxy groups -OCH3 is 1. The molecule has 0 spiro atoms. The lowest BCUT2D eigenvalue weighted by Crippen LogP contribution is -1.79. The average molecular weight is 376 g/mol. The van der Waals surface area contributed by atoms with E-state index >= 15 is 0 Å². The SMILES string of the molecule is CC(=O)O.CC(=O)O.COc1ccc2cc(-c3ccc(O)cc3O)oc2c1. The summed E-state index contributed by atoms with van der Waals surface area (Å²) in [4.78, 5) is 18.0. The lowest BCUT2D eigenvalue weighted by atomic mass is 10.1. The van der Waals surface area contributed by atoms with E-state index in [-0.39, 0.29) is 11.5 Å². The third-order valence-corrected chi connectivity index (χ3v) is 2.97. The van der Waals surface area contributed by atoms with Crippen molar-refractivity contribution in [3.05, 3.63) is 42.5 Å². The van der Waals surface area contributed by atoms with Gasteiger partial charge in [0.05, 0.1) is 12.7 Å². The third-order valence-electron chi connectivity index (χ3n) is 2.97. The van der Waals surface area contributed by atoms with E-state index in [9.17, 15) is 10.2 Å². The molecule has 2 aromatic carbocycles. The summed E-state index contributed by atoms with van der Waals surface area (Å²) in [6.45, 7) is 2.17. The van der Waals surface area contributed by atoms with Crippen molar-refractivity contribution in [3.8, 4) is 28.6 Å². The number of carboxylic acids is 2. The van der Waals surface area contributed by atoms with Crippen molar-refractivity contribution in [2.24, 2.45) is 0 Å². The Morgan fingerprint density at radius 1 is 0.926 bits per heavy atom. The molecule has 0 aliphatic carbocycles. The molecule has 1 heterocycles. The van der Waals surface area contributed by atoms with Gasteiger partial charge in [-0.15, -0.1) is 0 Å². The second-order valence-corrected chi connectivity index (χ2v) is 5.25. The van der Waals surface area contributed by atoms with E-state index in [1.165, 1.54) is 12.1 Å². The first-order chi connectivity index (χ1) is 12.6. The van der Waals surface area contributed by atoms with E-state index in [0.717, 1.165) is 19.2 Å². The van der Waals surface area contributed by atoms with E-state index in [2.05, 4.69) is 0 Å². The molecule has 4 N–H and O–H groups in total. The van der Waals surface area contributed by atoms with Gasteiger partial charge in [0, 0.05) is 31.4 Å². The molecule has 0 saturated heterocycles. The van der Waals surface area contributed by atoms with Crippen molar-refractivity contribution in [1.82, 2.24) is 0 Å². The van der Waals surface area contributed by atoms with Gasteiger partial charge in [-0.3, -0.25) is 9.59 Å². The zero-order valence-corrected chi connectivity index (χ0v) is 15.0. The topological polar surface area (TPSA) is 137 Å². The highest BCUT2D eigenvalue weighted by atomic mass is 16.5. The first-order valence-corrected chi connectivity index (χ1v) is 7.63. The second-order valence-electron chi connectivity index (χ2n) is 5.25. The van der Waals surface area contributed by atoms with Gasteiger partial charge >= 0.3 is 0 Å². The number of carbonyl (C=O) groups is 2. The molecule has 0 fully saturated rings. The Morgan fingerprint density at radius 2 is 1.52 bits per heavy atom. The number of rotatable bonds is 2. The van der Waals surface area contributed by atoms with E-state index in [0.29, 0.717) is 22.7 Å². The van der Waals surface area contributed by atoms with Crippen LogP contribution in [0.5, 0.6) is 17.2 Å². The Balaban J connectivity index is 0.000000390. The molecule has 0 amide bonds. The molecule has 0 saturated carbocycles. The van der Waals surface area contributed by atoms with E-state index < -0.39 is 11.9 Å². The summed E-state index contributed by atoms with van der Waals surface area (Å²) < 4.78 is 10.8. The molecule has 0 unspecified atom stereocenters. The van der Waals surface area contributed by atoms with Crippen LogP contribution in [0.4, 0.5) is 0 Å². The molecule has 144 valence electrons. The summed E-state index contributed by atoms with van der Waals surface area (Å²) in [7, 11) is 1.59. The molecule has 27 heavy (non-hydrogen) atoms. The monoisotopic (exact) mass is 376 g/mol. The summed E-state index contributed by atoms with van der Waals surface area (Å²) in [6.07, 6.45) is 0. The molecule has 1 aromatic heterocycles. The maximum atomic E-state index is 9.83. The largest absolute Gasteiger partial charge is 0.508 e. The smallest absolute Gasteiger partial charge is 0.300 e. The van der Waals surface area contributed by atoms with E-state index in [4.69, 9.17) is 29.0 Å². The molecule has 0 radical (unpaired) electrons. The molecule has 0 atom stereocenters. The van der Waals surface area contributed by atoms with Crippen LogP contribution in [-0.4, -0.2) is 39.5 Å². The lowest BCUT2D eigenvalue weighted by Gasteiger charge is -2.01. The van der Waals surface area contributed by atoms with Crippen molar-refractivity contribution in [1.29, 1.82) is 0 Å². The highest BCUT2D eigenvalue weighted by Gasteiger charge is 2.11. The predicted molar refractivity (Wildman–Crippen MR) is 98.2 cm³/mol. The maximum Gasteiger partial charge on any atom is 0.300 e. The summed E-state index contributed by atoms with van der Waals surface area (Å²) in [5.41, 5.74) is 1.22. The number of benzene rings is 2. The number of aliphatic carboxylic acids is 2. The van der Waals surface area contributed by atoms with Crippen LogP contribution in [0.1, 0.15) is 13.8 Å². The van der Waals surface area contributed by atoms with Crippen LogP contribution in [0.3, 0.4) is 0 Å². The number of phenols is 2. The normalized spacial score (nSPS) is 9.44. The van der Waals surface area contributed by atoms with Crippen molar-refractivity contribution < 1.29 is 39.2 Å². The zero-order chi connectivity index (χ0) is 20.6. The molecular formula is C19H20O8. The molecule has 0 bridgehead atoms. The lowest BCUT2D eigenvalue weighted by molar-refractivity contribution is -0.135. The number of aromatic hydroxyl groups is 2. The van der Waals surface area contributed by atoms with Gasteiger partial charge in [-0.05, 0) is 30.3 Å². The quantitative estimate of drug-likeness (QED) is 0.531. The average Bonchev–Trinajstić information content (AvgIpc) is 2.96. The highest BCUT2D eigenvalue weighted by molar-refractivity contribution is 5.85. The number of fused-ring (bicyclic) bond motifs is 1. The van der Waals surface area contributed by atoms with Crippen LogP contribution in [0.25, 0.3) is 22.3 Å². The fraction of sp³-hybridized carbons (Fsp3) is 0.158. The van der Waals surface area contributed by atoms with Crippen LogP contribution >= 0.6 is 0 Å². The molecule has 3 rings (SSSR count). The number of phenolic OH excluding ortho intramolecular Hbond substituents is 2. The van der Waals surface area contributed by atoms with Gasteiger partial charge in [-0.2, -0.15) is 0 Å². The van der Waals surface area contributed by atoms with E-state index in [1.54, 1.807) is 19.2 Å². The second kappa shape index (κ2) is 9.71. The highest BCUT2D eigenvalue weighted by Crippen LogP contribution is 2.36. The van der Waals surface area contributed by atoms with Crippen LogP contribution in [0, 0.1) is 0 Å². The van der Waals surface area contributed by atoms with Crippen LogP contribution in [-0.2, 0) is 9.59 Å². The van der Waals surface area contributed by atoms with Crippen molar-refractivity contribution in [3.63, 3.8) is 0 Å². The first kappa shape index (κ1) is 21.4. The summed E-state index contributed by atoms with van der Waals surface area (Å²) in [6, 6.07) is 11.7. The Morgan fingerprint density at radius 3 is 2.04 bits per heavy atom. The van der Waals surface area contributed by atoms with Crippen LogP contribution in [0.15, 0.2) is 46.9 Å². The van der Waals surface area contributed by atoms with E-state index in [1.807, 2.05) is 18.2 Å². The molecule has 0 aliphatic rings. The minimum atomic E-state index is -0.833. The van der Waals surface area contributed by atoms with Gasteiger partial charge in [0.1, 0.15) is 28.6 Å². The van der Waals surface area contributed by atoms with Gasteiger partial charge in [-0.1, -0.05) is 0 Å². The van der Waals surface area contributed by atoms with Gasteiger partial charge in [0.2, 0.25) is 0 Å². The van der Waals surface area contributed by atoms with Crippen molar-refractivity contribution in [2.75, 3.05) is 7.11 Å². The molecule has 3 aromatic rings. The van der Waals surface area contributed by atoms with Gasteiger partial charge in [0.15, 0.2) is 0 Å². The summed E-state index contributed by atoms with van der Waals surface area (Å²) >= 11 is 0. The summed E-state index contributed by atoms with van der Waals surface area (Å²) in [5.74, 6) is -0.422.